The van der Waals surface area contributed by atoms with E-state index in [4.69, 9.17) is 10.2 Å². The Morgan fingerprint density at radius 2 is 0.611 bits per heavy atom. The van der Waals surface area contributed by atoms with Gasteiger partial charge in [-0.25, -0.2) is 0 Å². The van der Waals surface area contributed by atoms with Gasteiger partial charge in [0.1, 0.15) is 26.7 Å². The van der Waals surface area contributed by atoms with Crippen molar-refractivity contribution in [1.82, 2.24) is 10.0 Å². The number of hydrogen-bond acceptors (Lipinski definition) is 8. The van der Waals surface area contributed by atoms with Gasteiger partial charge in [-0.05, 0) is 79.5 Å². The SMILES string of the molecule is C(=NN1CNc2ccccc2NCN(N=Cc2c3ccccc3cc3ccccc23)CNc2ccccc2NC1)c1c2ccccc2cc2ccccc12. The van der Waals surface area contributed by atoms with Crippen molar-refractivity contribution >= 4 is 78.3 Å². The van der Waals surface area contributed by atoms with Crippen molar-refractivity contribution in [2.75, 3.05) is 47.9 Å². The molecule has 1 heterocycles. The van der Waals surface area contributed by atoms with E-state index in [1.54, 1.807) is 0 Å². The molecule has 0 fully saturated rings. The van der Waals surface area contributed by atoms with Gasteiger partial charge in [0.25, 0.3) is 0 Å². The minimum atomic E-state index is 0.469. The van der Waals surface area contributed by atoms with E-state index in [0.29, 0.717) is 26.7 Å². The fourth-order valence-electron chi connectivity index (χ4n) is 7.22. The number of nitrogens with zero attached hydrogens (tertiary/aromatic N) is 4. The number of hydrogen-bond donors (Lipinski definition) is 4. The van der Waals surface area contributed by atoms with Gasteiger partial charge >= 0.3 is 0 Å². The van der Waals surface area contributed by atoms with Crippen molar-refractivity contribution < 1.29 is 0 Å². The number of fused-ring (bicyclic) bond motifs is 6. The first-order valence-electron chi connectivity index (χ1n) is 18.3. The Labute approximate surface area is 314 Å². The Morgan fingerprint density at radius 3 is 0.907 bits per heavy atom. The lowest BCUT2D eigenvalue weighted by Gasteiger charge is -2.27. The largest absolute Gasteiger partial charge is 0.365 e. The van der Waals surface area contributed by atoms with Crippen LogP contribution in [0.5, 0.6) is 0 Å². The lowest BCUT2D eigenvalue weighted by Crippen LogP contribution is -2.33. The molecule has 1 aliphatic rings. The molecular weight excluding hydrogens is 665 g/mol. The molecule has 264 valence electrons. The molecule has 0 spiro atoms. The zero-order chi connectivity index (χ0) is 36.1. The number of anilines is 4. The van der Waals surface area contributed by atoms with Crippen LogP contribution >= 0.6 is 0 Å². The van der Waals surface area contributed by atoms with E-state index >= 15 is 0 Å². The van der Waals surface area contributed by atoms with Crippen LogP contribution in [0.3, 0.4) is 0 Å². The predicted molar refractivity (Wildman–Crippen MR) is 229 cm³/mol. The van der Waals surface area contributed by atoms with E-state index in [1.807, 2.05) is 46.7 Å². The molecule has 0 atom stereocenters. The van der Waals surface area contributed by atoms with Crippen LogP contribution in [0.2, 0.25) is 0 Å². The van der Waals surface area contributed by atoms with Gasteiger partial charge in [-0.1, -0.05) is 121 Å². The molecule has 8 heteroatoms. The summed E-state index contributed by atoms with van der Waals surface area (Å²) in [4.78, 5) is 0. The summed E-state index contributed by atoms with van der Waals surface area (Å²) in [7, 11) is 0. The minimum absolute atomic E-state index is 0.469. The topological polar surface area (TPSA) is 79.3 Å². The van der Waals surface area contributed by atoms with Crippen molar-refractivity contribution in [2.45, 2.75) is 0 Å². The number of rotatable bonds is 4. The zero-order valence-electron chi connectivity index (χ0n) is 29.8. The Kier molecular flexibility index (Phi) is 9.05. The number of benzene rings is 8. The van der Waals surface area contributed by atoms with E-state index in [0.717, 1.165) is 33.9 Å². The fraction of sp³-hybridized carbons (Fsp3) is 0.0870. The van der Waals surface area contributed by atoms with Crippen LogP contribution in [0.15, 0.2) is 168 Å². The second kappa shape index (κ2) is 14.9. The van der Waals surface area contributed by atoms with Crippen LogP contribution in [-0.4, -0.2) is 49.1 Å². The summed E-state index contributed by atoms with van der Waals surface area (Å²) < 4.78 is 0. The third kappa shape index (κ3) is 6.80. The fourth-order valence-corrected chi connectivity index (χ4v) is 7.22. The minimum Gasteiger partial charge on any atom is -0.365 e. The molecule has 0 aliphatic carbocycles. The average molecular weight is 705 g/mol. The maximum atomic E-state index is 5.09. The van der Waals surface area contributed by atoms with E-state index < -0.39 is 0 Å². The first-order chi connectivity index (χ1) is 26.8. The molecule has 0 aromatic heterocycles. The molecule has 0 bridgehead atoms. The molecule has 0 saturated heterocycles. The van der Waals surface area contributed by atoms with Gasteiger partial charge in [0.05, 0.1) is 35.2 Å². The Balaban J connectivity index is 1.04. The van der Waals surface area contributed by atoms with Crippen molar-refractivity contribution in [3.8, 4) is 0 Å². The summed E-state index contributed by atoms with van der Waals surface area (Å²) in [5, 5.41) is 38.3. The van der Waals surface area contributed by atoms with Crippen molar-refractivity contribution in [3.05, 3.63) is 169 Å². The van der Waals surface area contributed by atoms with Gasteiger partial charge in [-0.2, -0.15) is 10.2 Å². The van der Waals surface area contributed by atoms with Crippen LogP contribution in [0.4, 0.5) is 22.7 Å². The Bertz CT molecular complexity index is 2320. The lowest BCUT2D eigenvalue weighted by molar-refractivity contribution is 0.330. The van der Waals surface area contributed by atoms with Crippen LogP contribution in [0.1, 0.15) is 11.1 Å². The Morgan fingerprint density at radius 1 is 0.352 bits per heavy atom. The molecule has 4 N–H and O–H groups in total. The standard InChI is InChI=1S/C46H40N8/c1-5-17-37-33(13-1)25-34-14-2-6-18-38(34)41(37)27-51-53-29-47-43-21-9-11-23-45(43)49-31-54(32-50-46-24-12-10-22-44(46)48-30-53)52-28-42-39-19-7-3-15-35(39)26-36-16-4-8-20-40(36)42/h1-28,47-50H,29-32H2. The van der Waals surface area contributed by atoms with Crippen LogP contribution < -0.4 is 21.3 Å². The van der Waals surface area contributed by atoms with Crippen molar-refractivity contribution in [1.29, 1.82) is 0 Å². The maximum absolute atomic E-state index is 5.09. The summed E-state index contributed by atoms with van der Waals surface area (Å²) >= 11 is 0. The number of hydrazone groups is 2. The molecule has 0 radical (unpaired) electrons. The van der Waals surface area contributed by atoms with E-state index in [-0.39, 0.29) is 0 Å². The van der Waals surface area contributed by atoms with Crippen LogP contribution in [0.25, 0.3) is 43.1 Å². The van der Waals surface area contributed by atoms with Crippen LogP contribution in [0, 0.1) is 0 Å². The quantitative estimate of drug-likeness (QED) is 0.108. The van der Waals surface area contributed by atoms with E-state index in [2.05, 4.69) is 155 Å². The smallest absolute Gasteiger partial charge is 0.106 e. The van der Waals surface area contributed by atoms with Crippen molar-refractivity contribution in [2.24, 2.45) is 10.2 Å². The Hall–Kier alpha value is -7.06. The van der Waals surface area contributed by atoms with Gasteiger partial charge in [-0.15, -0.1) is 0 Å². The summed E-state index contributed by atoms with van der Waals surface area (Å²) in [6.07, 6.45) is 4.00. The van der Waals surface area contributed by atoms with Gasteiger partial charge < -0.3 is 21.3 Å². The van der Waals surface area contributed by atoms with Gasteiger partial charge in [0.2, 0.25) is 0 Å². The summed E-state index contributed by atoms with van der Waals surface area (Å²) in [6, 6.07) is 55.1. The normalized spacial score (nSPS) is 14.0. The molecule has 0 amide bonds. The van der Waals surface area contributed by atoms with E-state index in [1.165, 1.54) is 43.1 Å². The zero-order valence-corrected chi connectivity index (χ0v) is 29.8. The van der Waals surface area contributed by atoms with Crippen molar-refractivity contribution in [3.63, 3.8) is 0 Å². The van der Waals surface area contributed by atoms with Gasteiger partial charge in [-0.3, -0.25) is 10.0 Å². The summed E-state index contributed by atoms with van der Waals surface area (Å²) in [6.45, 7) is 1.88. The van der Waals surface area contributed by atoms with Gasteiger partial charge in [0, 0.05) is 11.1 Å². The first kappa shape index (κ1) is 32.8. The predicted octanol–water partition coefficient (Wildman–Crippen LogP) is 10.2. The summed E-state index contributed by atoms with van der Waals surface area (Å²) in [5.41, 5.74) is 6.10. The number of para-hydroxylation sites is 4. The third-order valence-electron chi connectivity index (χ3n) is 9.99. The molecule has 8 aromatic rings. The highest BCUT2D eigenvalue weighted by molar-refractivity contribution is 6.14. The van der Waals surface area contributed by atoms with Crippen LogP contribution in [-0.2, 0) is 0 Å². The maximum Gasteiger partial charge on any atom is 0.106 e. The highest BCUT2D eigenvalue weighted by Crippen LogP contribution is 2.30. The molecular formula is C46H40N8. The first-order valence-corrected chi connectivity index (χ1v) is 18.3. The van der Waals surface area contributed by atoms with E-state index in [9.17, 15) is 0 Å². The third-order valence-corrected chi connectivity index (χ3v) is 9.99. The highest BCUT2D eigenvalue weighted by Gasteiger charge is 2.13. The molecule has 54 heavy (non-hydrogen) atoms. The lowest BCUT2D eigenvalue weighted by atomic mass is 9.97. The highest BCUT2D eigenvalue weighted by atomic mass is 15.5. The second-order valence-electron chi connectivity index (χ2n) is 13.4. The monoisotopic (exact) mass is 704 g/mol. The number of nitrogens with one attached hydrogen (secondary N) is 4. The molecule has 8 aromatic carbocycles. The second-order valence-corrected chi connectivity index (χ2v) is 13.4. The molecule has 1 aliphatic heterocycles. The average Bonchev–Trinajstić information content (AvgIpc) is 3.22. The molecule has 8 nitrogen and oxygen atoms in total. The molecule has 0 saturated carbocycles. The molecule has 0 unspecified atom stereocenters. The summed E-state index contributed by atoms with van der Waals surface area (Å²) in [5.74, 6) is 0. The van der Waals surface area contributed by atoms with Gasteiger partial charge in [0.15, 0.2) is 0 Å². The molecule has 9 rings (SSSR count).